The third-order valence-corrected chi connectivity index (χ3v) is 4.85. The predicted molar refractivity (Wildman–Crippen MR) is 83.3 cm³/mol. The Hall–Kier alpha value is -1.27. The molecule has 0 aromatic carbocycles. The van der Waals surface area contributed by atoms with Crippen molar-refractivity contribution in [1.29, 1.82) is 0 Å². The van der Waals surface area contributed by atoms with Gasteiger partial charge in [-0.15, -0.1) is 11.3 Å². The van der Waals surface area contributed by atoms with Crippen LogP contribution in [0.15, 0.2) is 16.2 Å². The fourth-order valence-electron chi connectivity index (χ4n) is 2.99. The van der Waals surface area contributed by atoms with Crippen molar-refractivity contribution in [1.82, 2.24) is 20.4 Å². The monoisotopic (exact) mass is 306 g/mol. The van der Waals surface area contributed by atoms with Crippen molar-refractivity contribution < 1.29 is 4.52 Å². The third kappa shape index (κ3) is 3.49. The number of hydrogen-bond donors (Lipinski definition) is 1. The summed E-state index contributed by atoms with van der Waals surface area (Å²) >= 11 is 1.54. The maximum atomic E-state index is 5.57. The Morgan fingerprint density at radius 3 is 3.05 bits per heavy atom. The van der Waals surface area contributed by atoms with E-state index in [4.69, 9.17) is 4.52 Å². The van der Waals surface area contributed by atoms with Crippen molar-refractivity contribution in [3.05, 3.63) is 17.6 Å². The molecule has 0 aliphatic heterocycles. The maximum absolute atomic E-state index is 5.57. The minimum absolute atomic E-state index is 0.341. The van der Waals surface area contributed by atoms with E-state index in [1.54, 1.807) is 23.0 Å². The molecule has 0 amide bonds. The van der Waals surface area contributed by atoms with Gasteiger partial charge in [0.25, 0.3) is 0 Å². The van der Waals surface area contributed by atoms with Gasteiger partial charge in [0.2, 0.25) is 11.7 Å². The van der Waals surface area contributed by atoms with Crippen LogP contribution in [0.3, 0.4) is 0 Å². The average molecular weight is 306 g/mol. The summed E-state index contributed by atoms with van der Waals surface area (Å²) in [5.74, 6) is 1.80. The molecular weight excluding hydrogens is 284 g/mol. The second kappa shape index (κ2) is 7.13. The summed E-state index contributed by atoms with van der Waals surface area (Å²) in [6.45, 7) is 3.25. The van der Waals surface area contributed by atoms with Crippen molar-refractivity contribution in [2.75, 3.05) is 6.54 Å². The van der Waals surface area contributed by atoms with Crippen LogP contribution in [0.2, 0.25) is 0 Å². The molecule has 114 valence electrons. The number of thiazole rings is 1. The zero-order valence-electron chi connectivity index (χ0n) is 12.4. The van der Waals surface area contributed by atoms with E-state index in [1.807, 2.05) is 0 Å². The topological polar surface area (TPSA) is 63.8 Å². The molecule has 1 saturated carbocycles. The molecule has 0 saturated heterocycles. The summed E-state index contributed by atoms with van der Waals surface area (Å²) in [7, 11) is 0. The Morgan fingerprint density at radius 2 is 2.24 bits per heavy atom. The molecule has 2 aromatic heterocycles. The van der Waals surface area contributed by atoms with E-state index in [0.717, 1.165) is 30.2 Å². The summed E-state index contributed by atoms with van der Waals surface area (Å²) in [4.78, 5) is 9.67. The molecule has 0 spiro atoms. The number of nitrogens with one attached hydrogen (secondary N) is 1. The first-order valence-corrected chi connectivity index (χ1v) is 8.72. The number of hydrogen-bond acceptors (Lipinski definition) is 6. The Labute approximate surface area is 129 Å². The van der Waals surface area contributed by atoms with E-state index in [0.29, 0.717) is 17.8 Å². The minimum Gasteiger partial charge on any atom is -0.339 e. The van der Waals surface area contributed by atoms with Crippen molar-refractivity contribution in [3.63, 3.8) is 0 Å². The molecule has 3 rings (SSSR count). The van der Waals surface area contributed by atoms with Crippen molar-refractivity contribution in [3.8, 4) is 10.7 Å². The van der Waals surface area contributed by atoms with Gasteiger partial charge < -0.3 is 9.84 Å². The molecule has 2 aromatic rings. The van der Waals surface area contributed by atoms with Gasteiger partial charge in [-0.2, -0.15) is 4.98 Å². The van der Waals surface area contributed by atoms with Crippen LogP contribution in [0.25, 0.3) is 10.7 Å². The first-order chi connectivity index (χ1) is 10.4. The van der Waals surface area contributed by atoms with E-state index in [-0.39, 0.29) is 0 Å². The largest absolute Gasteiger partial charge is 0.339 e. The van der Waals surface area contributed by atoms with Crippen LogP contribution in [-0.2, 0) is 0 Å². The smallest absolute Gasteiger partial charge is 0.231 e. The first-order valence-electron chi connectivity index (χ1n) is 7.84. The highest BCUT2D eigenvalue weighted by molar-refractivity contribution is 7.13. The molecule has 2 atom stereocenters. The lowest BCUT2D eigenvalue weighted by molar-refractivity contribution is 0.304. The SMILES string of the molecule is CCCNC1CCCCCC1c1nc(-c2cncs2)no1. The van der Waals surface area contributed by atoms with Crippen molar-refractivity contribution >= 4 is 11.3 Å². The number of aromatic nitrogens is 3. The van der Waals surface area contributed by atoms with Crippen LogP contribution in [0.1, 0.15) is 57.3 Å². The molecule has 1 N–H and O–H groups in total. The highest BCUT2D eigenvalue weighted by Crippen LogP contribution is 2.32. The van der Waals surface area contributed by atoms with Gasteiger partial charge in [-0.1, -0.05) is 31.3 Å². The normalized spacial score (nSPS) is 23.1. The van der Waals surface area contributed by atoms with Crippen LogP contribution in [-0.4, -0.2) is 27.7 Å². The molecular formula is C15H22N4OS. The molecule has 1 aliphatic carbocycles. The van der Waals surface area contributed by atoms with E-state index < -0.39 is 0 Å². The zero-order valence-corrected chi connectivity index (χ0v) is 13.2. The van der Waals surface area contributed by atoms with Gasteiger partial charge in [-0.25, -0.2) is 0 Å². The second-order valence-corrected chi connectivity index (χ2v) is 6.51. The fraction of sp³-hybridized carbons (Fsp3) is 0.667. The fourth-order valence-corrected chi connectivity index (χ4v) is 3.53. The van der Waals surface area contributed by atoms with E-state index in [9.17, 15) is 0 Å². The molecule has 2 unspecified atom stereocenters. The summed E-state index contributed by atoms with van der Waals surface area (Å²) < 4.78 is 5.57. The predicted octanol–water partition coefficient (Wildman–Crippen LogP) is 3.61. The van der Waals surface area contributed by atoms with Crippen LogP contribution in [0.5, 0.6) is 0 Å². The quantitative estimate of drug-likeness (QED) is 0.855. The maximum Gasteiger partial charge on any atom is 0.231 e. The third-order valence-electron chi connectivity index (χ3n) is 4.08. The van der Waals surface area contributed by atoms with E-state index >= 15 is 0 Å². The lowest BCUT2D eigenvalue weighted by atomic mass is 9.94. The molecule has 1 aliphatic rings. The average Bonchev–Trinajstić information content (AvgIpc) is 3.13. The van der Waals surface area contributed by atoms with Gasteiger partial charge in [-0.3, -0.25) is 4.98 Å². The number of rotatable bonds is 5. The summed E-state index contributed by atoms with van der Waals surface area (Å²) in [5, 5.41) is 7.80. The highest BCUT2D eigenvalue weighted by atomic mass is 32.1. The zero-order chi connectivity index (χ0) is 14.5. The van der Waals surface area contributed by atoms with Crippen molar-refractivity contribution in [2.45, 2.75) is 57.4 Å². The lowest BCUT2D eigenvalue weighted by Gasteiger charge is -2.23. The molecule has 21 heavy (non-hydrogen) atoms. The standard InChI is InChI=1S/C15H22N4OS/c1-2-8-17-12-7-5-3-4-6-11(12)15-18-14(19-20-15)13-9-16-10-21-13/h9-12,17H,2-8H2,1H3. The molecule has 6 heteroatoms. The highest BCUT2D eigenvalue weighted by Gasteiger charge is 2.29. The number of nitrogens with zero attached hydrogens (tertiary/aromatic N) is 3. The van der Waals surface area contributed by atoms with Crippen LogP contribution in [0, 0.1) is 0 Å². The van der Waals surface area contributed by atoms with E-state index in [1.165, 1.54) is 25.7 Å². The molecule has 2 heterocycles. The lowest BCUT2D eigenvalue weighted by Crippen LogP contribution is -2.35. The van der Waals surface area contributed by atoms with Crippen LogP contribution in [0.4, 0.5) is 0 Å². The van der Waals surface area contributed by atoms with Gasteiger partial charge in [0, 0.05) is 12.2 Å². The van der Waals surface area contributed by atoms with Crippen LogP contribution < -0.4 is 5.32 Å². The van der Waals surface area contributed by atoms with Gasteiger partial charge in [0.15, 0.2) is 0 Å². The van der Waals surface area contributed by atoms with E-state index in [2.05, 4.69) is 27.4 Å². The Kier molecular flexibility index (Phi) is 4.98. The minimum atomic E-state index is 0.341. The second-order valence-electron chi connectivity index (χ2n) is 5.63. The van der Waals surface area contributed by atoms with Gasteiger partial charge in [-0.05, 0) is 25.8 Å². The van der Waals surface area contributed by atoms with Crippen LogP contribution >= 0.6 is 11.3 Å². The Balaban J connectivity index is 1.78. The Bertz CT molecular complexity index is 540. The molecule has 0 bridgehead atoms. The molecule has 5 nitrogen and oxygen atoms in total. The molecule has 1 fully saturated rings. The van der Waals surface area contributed by atoms with Gasteiger partial charge >= 0.3 is 0 Å². The summed E-state index contributed by atoms with van der Waals surface area (Å²) in [5.41, 5.74) is 1.79. The Morgan fingerprint density at radius 1 is 1.33 bits per heavy atom. The van der Waals surface area contributed by atoms with Gasteiger partial charge in [0.1, 0.15) is 0 Å². The summed E-state index contributed by atoms with van der Waals surface area (Å²) in [6.07, 6.45) is 9.10. The summed E-state index contributed by atoms with van der Waals surface area (Å²) in [6, 6.07) is 0.460. The van der Waals surface area contributed by atoms with Crippen molar-refractivity contribution in [2.24, 2.45) is 0 Å². The first kappa shape index (κ1) is 14.7. The van der Waals surface area contributed by atoms with Gasteiger partial charge in [0.05, 0.1) is 16.3 Å². The molecule has 0 radical (unpaired) electrons.